The summed E-state index contributed by atoms with van der Waals surface area (Å²) in [5, 5.41) is 3.05. The molecule has 2 rings (SSSR count). The van der Waals surface area contributed by atoms with Crippen LogP contribution < -0.4 is 5.32 Å². The van der Waals surface area contributed by atoms with Gasteiger partial charge >= 0.3 is 0 Å². The normalized spacial score (nSPS) is 17.6. The molecule has 1 fully saturated rings. The van der Waals surface area contributed by atoms with Crippen molar-refractivity contribution in [3.8, 4) is 0 Å². The molecular formula is C13H18ClFN2O2S. The van der Waals surface area contributed by atoms with Crippen molar-refractivity contribution in [1.82, 2.24) is 9.62 Å². The summed E-state index contributed by atoms with van der Waals surface area (Å²) in [5.74, 6) is -0.579. The Labute approximate surface area is 124 Å². The number of rotatable bonds is 4. The number of nitrogens with zero attached hydrogens (tertiary/aromatic N) is 1. The Morgan fingerprint density at radius 3 is 2.70 bits per heavy atom. The Morgan fingerprint density at radius 1 is 1.40 bits per heavy atom. The first-order chi connectivity index (χ1) is 9.43. The Bertz CT molecular complexity index is 574. The van der Waals surface area contributed by atoms with Crippen LogP contribution in [0.4, 0.5) is 4.39 Å². The summed E-state index contributed by atoms with van der Waals surface area (Å²) in [6, 6.07) is 4.02. The summed E-state index contributed by atoms with van der Waals surface area (Å²) < 4.78 is 39.9. The maximum Gasteiger partial charge on any atom is 0.245 e. The average molecular weight is 321 g/mol. The zero-order valence-corrected chi connectivity index (χ0v) is 12.8. The first kappa shape index (κ1) is 15.7. The third-order valence-electron chi connectivity index (χ3n) is 3.58. The quantitative estimate of drug-likeness (QED) is 0.924. The predicted molar refractivity (Wildman–Crippen MR) is 76.8 cm³/mol. The van der Waals surface area contributed by atoms with E-state index in [0.29, 0.717) is 12.5 Å². The van der Waals surface area contributed by atoms with Gasteiger partial charge in [0.15, 0.2) is 5.82 Å². The van der Waals surface area contributed by atoms with Gasteiger partial charge in [0.1, 0.15) is 4.90 Å². The van der Waals surface area contributed by atoms with Crippen molar-refractivity contribution in [3.05, 3.63) is 29.0 Å². The number of benzene rings is 1. The standard InChI is InChI=1S/C13H18ClFN2O2S/c1-17(9-10-5-7-16-8-6-10)20(18,19)12-4-2-3-11(14)13(12)15/h2-4,10,16H,5-9H2,1H3. The molecule has 0 spiro atoms. The van der Waals surface area contributed by atoms with E-state index >= 15 is 0 Å². The molecule has 1 aromatic carbocycles. The molecule has 1 N–H and O–H groups in total. The summed E-state index contributed by atoms with van der Waals surface area (Å²) >= 11 is 5.65. The van der Waals surface area contributed by atoms with Crippen LogP contribution in [0.25, 0.3) is 0 Å². The zero-order chi connectivity index (χ0) is 14.8. The van der Waals surface area contributed by atoms with Crippen LogP contribution in [0.3, 0.4) is 0 Å². The molecule has 0 aromatic heterocycles. The van der Waals surface area contributed by atoms with Gasteiger partial charge in [-0.1, -0.05) is 17.7 Å². The number of piperidine rings is 1. The fourth-order valence-electron chi connectivity index (χ4n) is 2.38. The van der Waals surface area contributed by atoms with E-state index in [2.05, 4.69) is 5.32 Å². The first-order valence-electron chi connectivity index (χ1n) is 6.54. The van der Waals surface area contributed by atoms with Gasteiger partial charge in [-0.05, 0) is 44.0 Å². The molecule has 0 bridgehead atoms. The Hall–Kier alpha value is -0.690. The third-order valence-corrected chi connectivity index (χ3v) is 5.71. The molecule has 7 heteroatoms. The van der Waals surface area contributed by atoms with Crippen molar-refractivity contribution in [3.63, 3.8) is 0 Å². The van der Waals surface area contributed by atoms with Crippen LogP contribution in [0.1, 0.15) is 12.8 Å². The van der Waals surface area contributed by atoms with Gasteiger partial charge in [0.05, 0.1) is 5.02 Å². The van der Waals surface area contributed by atoms with Gasteiger partial charge in [-0.25, -0.2) is 17.1 Å². The molecule has 4 nitrogen and oxygen atoms in total. The molecule has 1 aromatic rings. The number of nitrogens with one attached hydrogen (secondary N) is 1. The van der Waals surface area contributed by atoms with E-state index in [1.165, 1.54) is 29.6 Å². The maximum absolute atomic E-state index is 13.9. The van der Waals surface area contributed by atoms with Crippen molar-refractivity contribution in [1.29, 1.82) is 0 Å². The summed E-state index contributed by atoms with van der Waals surface area (Å²) in [6.07, 6.45) is 1.86. The molecule has 0 radical (unpaired) electrons. The smallest absolute Gasteiger partial charge is 0.245 e. The molecule has 1 heterocycles. The van der Waals surface area contributed by atoms with Crippen LogP contribution in [0, 0.1) is 11.7 Å². The lowest BCUT2D eigenvalue weighted by Crippen LogP contribution is -2.37. The second-order valence-electron chi connectivity index (χ2n) is 5.03. The molecule has 0 saturated carbocycles. The summed E-state index contributed by atoms with van der Waals surface area (Å²) in [6.45, 7) is 2.18. The fourth-order valence-corrected chi connectivity index (χ4v) is 3.94. The van der Waals surface area contributed by atoms with Crippen molar-refractivity contribution in [2.24, 2.45) is 5.92 Å². The molecule has 1 aliphatic rings. The number of hydrogen-bond donors (Lipinski definition) is 1. The largest absolute Gasteiger partial charge is 0.317 e. The summed E-state index contributed by atoms with van der Waals surface area (Å²) in [5.41, 5.74) is 0. The summed E-state index contributed by atoms with van der Waals surface area (Å²) in [7, 11) is -2.35. The fraction of sp³-hybridized carbons (Fsp3) is 0.538. The van der Waals surface area contributed by atoms with Crippen molar-refractivity contribution in [2.45, 2.75) is 17.7 Å². The first-order valence-corrected chi connectivity index (χ1v) is 8.36. The van der Waals surface area contributed by atoms with E-state index in [0.717, 1.165) is 25.9 Å². The molecule has 0 aliphatic carbocycles. The predicted octanol–water partition coefficient (Wildman–Crippen LogP) is 2.10. The lowest BCUT2D eigenvalue weighted by molar-refractivity contribution is 0.310. The van der Waals surface area contributed by atoms with E-state index in [-0.39, 0.29) is 9.92 Å². The van der Waals surface area contributed by atoms with Crippen LogP contribution >= 0.6 is 11.6 Å². The zero-order valence-electron chi connectivity index (χ0n) is 11.3. The Kier molecular flexibility index (Phi) is 5.01. The van der Waals surface area contributed by atoms with Gasteiger partial charge in [-0.2, -0.15) is 0 Å². The Morgan fingerprint density at radius 2 is 2.05 bits per heavy atom. The van der Waals surface area contributed by atoms with Crippen LogP contribution in [0.2, 0.25) is 5.02 Å². The molecule has 0 atom stereocenters. The molecule has 0 amide bonds. The number of sulfonamides is 1. The van der Waals surface area contributed by atoms with Crippen LogP contribution in [-0.2, 0) is 10.0 Å². The highest BCUT2D eigenvalue weighted by Crippen LogP contribution is 2.25. The highest BCUT2D eigenvalue weighted by Gasteiger charge is 2.28. The van der Waals surface area contributed by atoms with Gasteiger partial charge in [0, 0.05) is 13.6 Å². The van der Waals surface area contributed by atoms with E-state index in [9.17, 15) is 12.8 Å². The summed E-state index contributed by atoms with van der Waals surface area (Å²) in [4.78, 5) is -0.360. The third kappa shape index (κ3) is 3.31. The van der Waals surface area contributed by atoms with Gasteiger partial charge in [-0.15, -0.1) is 0 Å². The van der Waals surface area contributed by atoms with E-state index < -0.39 is 15.8 Å². The lowest BCUT2D eigenvalue weighted by atomic mass is 9.98. The Balaban J connectivity index is 2.18. The monoisotopic (exact) mass is 320 g/mol. The average Bonchev–Trinajstić information content (AvgIpc) is 2.42. The van der Waals surface area contributed by atoms with Crippen molar-refractivity contribution >= 4 is 21.6 Å². The van der Waals surface area contributed by atoms with Gasteiger partial charge in [0.2, 0.25) is 10.0 Å². The molecule has 1 saturated heterocycles. The van der Waals surface area contributed by atoms with Crippen molar-refractivity contribution in [2.75, 3.05) is 26.7 Å². The second kappa shape index (κ2) is 6.39. The highest BCUT2D eigenvalue weighted by atomic mass is 35.5. The second-order valence-corrected chi connectivity index (χ2v) is 7.45. The van der Waals surface area contributed by atoms with Gasteiger partial charge in [-0.3, -0.25) is 0 Å². The molecule has 20 heavy (non-hydrogen) atoms. The van der Waals surface area contributed by atoms with Crippen molar-refractivity contribution < 1.29 is 12.8 Å². The van der Waals surface area contributed by atoms with Crippen LogP contribution in [0.5, 0.6) is 0 Å². The lowest BCUT2D eigenvalue weighted by Gasteiger charge is -2.27. The topological polar surface area (TPSA) is 49.4 Å². The number of halogens is 2. The SMILES string of the molecule is CN(CC1CCNCC1)S(=O)(=O)c1cccc(Cl)c1F. The maximum atomic E-state index is 13.9. The van der Waals surface area contributed by atoms with Crippen LogP contribution in [0.15, 0.2) is 23.1 Å². The van der Waals surface area contributed by atoms with Gasteiger partial charge in [0.25, 0.3) is 0 Å². The van der Waals surface area contributed by atoms with Gasteiger partial charge < -0.3 is 5.32 Å². The minimum atomic E-state index is -3.84. The highest BCUT2D eigenvalue weighted by molar-refractivity contribution is 7.89. The number of hydrogen-bond acceptors (Lipinski definition) is 3. The molecular weight excluding hydrogens is 303 g/mol. The van der Waals surface area contributed by atoms with E-state index in [1.807, 2.05) is 0 Å². The van der Waals surface area contributed by atoms with E-state index in [1.54, 1.807) is 0 Å². The molecule has 0 unspecified atom stereocenters. The minimum Gasteiger partial charge on any atom is -0.317 e. The molecule has 112 valence electrons. The molecule has 1 aliphatic heterocycles. The minimum absolute atomic E-state index is 0.179. The van der Waals surface area contributed by atoms with E-state index in [4.69, 9.17) is 11.6 Å². The van der Waals surface area contributed by atoms with Crippen LogP contribution in [-0.4, -0.2) is 39.4 Å².